The lowest BCUT2D eigenvalue weighted by atomic mass is 9.84. The molecule has 2 N–H and O–H groups in total. The van der Waals surface area contributed by atoms with Crippen molar-refractivity contribution in [1.82, 2.24) is 10.2 Å². The zero-order valence-corrected chi connectivity index (χ0v) is 12.2. The van der Waals surface area contributed by atoms with Gasteiger partial charge in [-0.3, -0.25) is 4.79 Å². The summed E-state index contributed by atoms with van der Waals surface area (Å²) in [6.45, 7) is 2.70. The number of nitrogens with zero attached hydrogens (tertiary/aromatic N) is 1. The van der Waals surface area contributed by atoms with Gasteiger partial charge < -0.3 is 20.1 Å². The molecule has 114 valence electrons. The first-order chi connectivity index (χ1) is 9.50. The minimum Gasteiger partial charge on any atom is -0.481 e. The van der Waals surface area contributed by atoms with Crippen molar-refractivity contribution in [2.45, 2.75) is 51.2 Å². The number of nitrogens with one attached hydrogen (secondary N) is 1. The number of rotatable bonds is 4. The van der Waals surface area contributed by atoms with Crippen molar-refractivity contribution >= 4 is 12.0 Å². The Kier molecular flexibility index (Phi) is 4.52. The van der Waals surface area contributed by atoms with Crippen LogP contribution in [0.25, 0.3) is 0 Å². The highest BCUT2D eigenvalue weighted by atomic mass is 16.5. The number of amides is 2. The van der Waals surface area contributed by atoms with E-state index < -0.39 is 11.4 Å². The third-order valence-corrected chi connectivity index (χ3v) is 4.82. The third kappa shape index (κ3) is 2.90. The van der Waals surface area contributed by atoms with Crippen LogP contribution in [0.5, 0.6) is 0 Å². The molecule has 3 unspecified atom stereocenters. The van der Waals surface area contributed by atoms with Gasteiger partial charge in [0, 0.05) is 26.2 Å². The Morgan fingerprint density at radius 3 is 2.70 bits per heavy atom. The largest absolute Gasteiger partial charge is 0.481 e. The number of likely N-dealkylation sites (tertiary alicyclic amines) is 1. The Balaban J connectivity index is 1.87. The summed E-state index contributed by atoms with van der Waals surface area (Å²) in [5.41, 5.74) is -0.762. The molecule has 1 aliphatic carbocycles. The molecule has 2 amide bonds. The molecule has 1 aliphatic heterocycles. The van der Waals surface area contributed by atoms with Crippen LogP contribution in [0.15, 0.2) is 0 Å². The van der Waals surface area contributed by atoms with E-state index in [1.54, 1.807) is 12.0 Å². The molecule has 1 saturated carbocycles. The van der Waals surface area contributed by atoms with Crippen molar-refractivity contribution < 1.29 is 19.4 Å². The monoisotopic (exact) mass is 284 g/mol. The van der Waals surface area contributed by atoms with Crippen molar-refractivity contribution in [3.63, 3.8) is 0 Å². The van der Waals surface area contributed by atoms with Crippen molar-refractivity contribution in [2.24, 2.45) is 5.41 Å². The van der Waals surface area contributed by atoms with E-state index in [9.17, 15) is 14.7 Å². The SMILES string of the molecule is CCC1(C(=O)O)CCN(C(=O)NC2CCC(OC)C2)C1. The molecule has 0 bridgehead atoms. The predicted octanol–water partition coefficient (Wildman–Crippen LogP) is 1.45. The van der Waals surface area contributed by atoms with Crippen LogP contribution in [0.3, 0.4) is 0 Å². The zero-order valence-electron chi connectivity index (χ0n) is 12.2. The van der Waals surface area contributed by atoms with Gasteiger partial charge in [0.25, 0.3) is 0 Å². The van der Waals surface area contributed by atoms with Gasteiger partial charge in [0.1, 0.15) is 0 Å². The van der Waals surface area contributed by atoms with Crippen LogP contribution in [-0.4, -0.2) is 54.4 Å². The average Bonchev–Trinajstić information content (AvgIpc) is 3.05. The lowest BCUT2D eigenvalue weighted by Gasteiger charge is -2.24. The number of methoxy groups -OCH3 is 1. The Morgan fingerprint density at radius 1 is 1.45 bits per heavy atom. The van der Waals surface area contributed by atoms with Crippen LogP contribution in [0, 0.1) is 5.41 Å². The third-order valence-electron chi connectivity index (χ3n) is 4.82. The van der Waals surface area contributed by atoms with E-state index in [0.717, 1.165) is 19.3 Å². The highest BCUT2D eigenvalue weighted by Gasteiger charge is 2.45. The van der Waals surface area contributed by atoms with E-state index in [1.165, 1.54) is 0 Å². The number of carboxylic acid groups (broad SMARTS) is 1. The number of carbonyl (C=O) groups is 2. The molecule has 0 aromatic heterocycles. The van der Waals surface area contributed by atoms with Gasteiger partial charge in [0.05, 0.1) is 11.5 Å². The summed E-state index contributed by atoms with van der Waals surface area (Å²) in [6.07, 6.45) is 4.06. The molecule has 0 radical (unpaired) electrons. The number of carboxylic acids is 1. The molecule has 0 aromatic rings. The van der Waals surface area contributed by atoms with E-state index in [4.69, 9.17) is 4.74 Å². The second-order valence-electron chi connectivity index (χ2n) is 5.93. The quantitative estimate of drug-likeness (QED) is 0.819. The summed E-state index contributed by atoms with van der Waals surface area (Å²) in [5.74, 6) is -0.796. The Morgan fingerprint density at radius 2 is 2.20 bits per heavy atom. The Hall–Kier alpha value is -1.30. The second-order valence-corrected chi connectivity index (χ2v) is 5.93. The maximum Gasteiger partial charge on any atom is 0.317 e. The van der Waals surface area contributed by atoms with Gasteiger partial charge in [-0.2, -0.15) is 0 Å². The highest BCUT2D eigenvalue weighted by Crippen LogP contribution is 2.34. The van der Waals surface area contributed by atoms with E-state index in [2.05, 4.69) is 5.32 Å². The van der Waals surface area contributed by atoms with Gasteiger partial charge in [-0.15, -0.1) is 0 Å². The second kappa shape index (κ2) is 5.99. The van der Waals surface area contributed by atoms with Crippen molar-refractivity contribution in [3.8, 4) is 0 Å². The van der Waals surface area contributed by atoms with Crippen LogP contribution >= 0.6 is 0 Å². The topological polar surface area (TPSA) is 78.9 Å². The molecule has 2 aliphatic rings. The predicted molar refractivity (Wildman–Crippen MR) is 73.5 cm³/mol. The molecule has 6 nitrogen and oxygen atoms in total. The number of carbonyl (C=O) groups excluding carboxylic acids is 1. The molecular weight excluding hydrogens is 260 g/mol. The number of aliphatic carboxylic acids is 1. The van der Waals surface area contributed by atoms with E-state index in [0.29, 0.717) is 25.9 Å². The number of hydrogen-bond donors (Lipinski definition) is 2. The molecule has 0 spiro atoms. The fourth-order valence-electron chi connectivity index (χ4n) is 3.21. The first-order valence-electron chi connectivity index (χ1n) is 7.32. The first-order valence-corrected chi connectivity index (χ1v) is 7.32. The summed E-state index contributed by atoms with van der Waals surface area (Å²) in [7, 11) is 1.69. The van der Waals surface area contributed by atoms with E-state index >= 15 is 0 Å². The van der Waals surface area contributed by atoms with Gasteiger partial charge in [-0.1, -0.05) is 6.92 Å². The van der Waals surface area contributed by atoms with Crippen LogP contribution in [0.4, 0.5) is 4.79 Å². The molecule has 1 heterocycles. The molecule has 2 fully saturated rings. The summed E-state index contributed by atoms with van der Waals surface area (Å²) in [4.78, 5) is 25.2. The van der Waals surface area contributed by atoms with Gasteiger partial charge in [0.2, 0.25) is 0 Å². The number of ether oxygens (including phenoxy) is 1. The summed E-state index contributed by atoms with van der Waals surface area (Å²) in [5, 5.41) is 12.3. The van der Waals surface area contributed by atoms with Gasteiger partial charge in [-0.05, 0) is 32.1 Å². The molecule has 3 atom stereocenters. The van der Waals surface area contributed by atoms with Gasteiger partial charge in [0.15, 0.2) is 0 Å². The van der Waals surface area contributed by atoms with Crippen molar-refractivity contribution in [3.05, 3.63) is 0 Å². The van der Waals surface area contributed by atoms with Gasteiger partial charge >= 0.3 is 12.0 Å². The standard InChI is InChI=1S/C14H24N2O4/c1-3-14(12(17)18)6-7-16(9-14)13(19)15-10-4-5-11(8-10)20-2/h10-11H,3-9H2,1-2H3,(H,15,19)(H,17,18). The Bertz CT molecular complexity index is 387. The van der Waals surface area contributed by atoms with Crippen LogP contribution in [0.1, 0.15) is 39.0 Å². The molecule has 1 saturated heterocycles. The Labute approximate surface area is 119 Å². The lowest BCUT2D eigenvalue weighted by Crippen LogP contribution is -2.45. The van der Waals surface area contributed by atoms with Gasteiger partial charge in [-0.25, -0.2) is 4.79 Å². The molecule has 20 heavy (non-hydrogen) atoms. The molecule has 6 heteroatoms. The maximum absolute atomic E-state index is 12.2. The minimum atomic E-state index is -0.796. The molecule has 0 aromatic carbocycles. The molecule has 2 rings (SSSR count). The summed E-state index contributed by atoms with van der Waals surface area (Å²) < 4.78 is 5.29. The number of hydrogen-bond acceptors (Lipinski definition) is 3. The summed E-state index contributed by atoms with van der Waals surface area (Å²) in [6, 6.07) is 0.0113. The van der Waals surface area contributed by atoms with Crippen LogP contribution in [0.2, 0.25) is 0 Å². The first kappa shape index (κ1) is 15.1. The normalized spacial score (nSPS) is 33.4. The van der Waals surface area contributed by atoms with Crippen molar-refractivity contribution in [2.75, 3.05) is 20.2 Å². The van der Waals surface area contributed by atoms with Crippen LogP contribution < -0.4 is 5.32 Å². The van der Waals surface area contributed by atoms with Crippen molar-refractivity contribution in [1.29, 1.82) is 0 Å². The van der Waals surface area contributed by atoms with E-state index in [1.807, 2.05) is 6.92 Å². The molecular formula is C14H24N2O4. The van der Waals surface area contributed by atoms with Crippen LogP contribution in [-0.2, 0) is 9.53 Å². The smallest absolute Gasteiger partial charge is 0.317 e. The fourth-order valence-corrected chi connectivity index (χ4v) is 3.21. The zero-order chi connectivity index (χ0) is 14.8. The highest BCUT2D eigenvalue weighted by molar-refractivity contribution is 5.79. The minimum absolute atomic E-state index is 0.136. The average molecular weight is 284 g/mol. The maximum atomic E-state index is 12.2. The lowest BCUT2D eigenvalue weighted by molar-refractivity contribution is -0.148. The number of urea groups is 1. The van der Waals surface area contributed by atoms with E-state index in [-0.39, 0.29) is 18.2 Å². The summed E-state index contributed by atoms with van der Waals surface area (Å²) >= 11 is 0. The fraction of sp³-hybridized carbons (Fsp3) is 0.857.